The third kappa shape index (κ3) is 5.40. The minimum Gasteiger partial charge on any atom is -0.459 e. The molecule has 0 aliphatic heterocycles. The maximum atomic E-state index is 12.3. The summed E-state index contributed by atoms with van der Waals surface area (Å²) in [5, 5.41) is 5.89. The Hall–Kier alpha value is -3.29. The Morgan fingerprint density at radius 2 is 1.80 bits per heavy atom. The lowest BCUT2D eigenvalue weighted by Gasteiger charge is -2.11. The average molecular weight is 447 g/mol. The molecular weight excluding hydrogens is 431 g/mol. The van der Waals surface area contributed by atoms with Crippen LogP contribution >= 0.6 is 23.2 Å². The van der Waals surface area contributed by atoms with E-state index in [4.69, 9.17) is 32.4 Å². The minimum atomic E-state index is -0.726. The van der Waals surface area contributed by atoms with Crippen LogP contribution in [0.25, 0.3) is 0 Å². The van der Waals surface area contributed by atoms with Crippen LogP contribution in [0.3, 0.4) is 0 Å². The minimum absolute atomic E-state index is 0.138. The molecule has 0 unspecified atom stereocenters. The van der Waals surface area contributed by atoms with Gasteiger partial charge in [0.2, 0.25) is 0 Å². The Labute approximate surface area is 181 Å². The van der Waals surface area contributed by atoms with E-state index in [9.17, 15) is 14.4 Å². The van der Waals surface area contributed by atoms with Gasteiger partial charge in [0.1, 0.15) is 0 Å². The Kier molecular flexibility index (Phi) is 6.76. The first-order valence-corrected chi connectivity index (χ1v) is 9.46. The van der Waals surface area contributed by atoms with E-state index < -0.39 is 24.4 Å². The maximum Gasteiger partial charge on any atom is 0.338 e. The van der Waals surface area contributed by atoms with Gasteiger partial charge in [-0.25, -0.2) is 4.79 Å². The van der Waals surface area contributed by atoms with E-state index in [1.165, 1.54) is 36.6 Å². The lowest BCUT2D eigenvalue weighted by Crippen LogP contribution is -2.21. The highest BCUT2D eigenvalue weighted by Crippen LogP contribution is 2.25. The highest BCUT2D eigenvalue weighted by molar-refractivity contribution is 6.35. The number of carbonyl (C=O) groups excluding carboxylic acids is 3. The Bertz CT molecular complexity index is 1100. The highest BCUT2D eigenvalue weighted by atomic mass is 35.5. The number of benzene rings is 2. The number of aryl methyl sites for hydroxylation is 1. The van der Waals surface area contributed by atoms with Crippen LogP contribution in [0.2, 0.25) is 10.0 Å². The zero-order valence-electron chi connectivity index (χ0n) is 15.7. The molecule has 0 saturated heterocycles. The van der Waals surface area contributed by atoms with Crippen LogP contribution in [0.1, 0.15) is 26.5 Å². The lowest BCUT2D eigenvalue weighted by atomic mass is 10.1. The molecule has 3 rings (SSSR count). The highest BCUT2D eigenvalue weighted by Gasteiger charge is 2.15. The van der Waals surface area contributed by atoms with Gasteiger partial charge in [-0.2, -0.15) is 0 Å². The summed E-state index contributed by atoms with van der Waals surface area (Å²) < 4.78 is 10.1. The van der Waals surface area contributed by atoms with Crippen molar-refractivity contribution in [2.45, 2.75) is 6.92 Å². The van der Waals surface area contributed by atoms with Gasteiger partial charge in [0.15, 0.2) is 12.4 Å². The number of rotatable bonds is 6. The maximum absolute atomic E-state index is 12.3. The van der Waals surface area contributed by atoms with Gasteiger partial charge in [-0.15, -0.1) is 0 Å². The molecule has 0 bridgehead atoms. The molecule has 0 saturated carbocycles. The summed E-state index contributed by atoms with van der Waals surface area (Å²) in [5.41, 5.74) is 1.63. The molecule has 154 valence electrons. The number of ether oxygens (including phenoxy) is 1. The summed E-state index contributed by atoms with van der Waals surface area (Å²) in [6.07, 6.45) is 1.39. The van der Waals surface area contributed by atoms with Gasteiger partial charge in [-0.1, -0.05) is 29.3 Å². The molecule has 2 aromatic carbocycles. The zero-order valence-corrected chi connectivity index (χ0v) is 17.2. The summed E-state index contributed by atoms with van der Waals surface area (Å²) in [6, 6.07) is 12.4. The predicted molar refractivity (Wildman–Crippen MR) is 113 cm³/mol. The number of anilines is 2. The van der Waals surface area contributed by atoms with Crippen molar-refractivity contribution in [1.82, 2.24) is 0 Å². The largest absolute Gasteiger partial charge is 0.459 e. The average Bonchev–Trinajstić information content (AvgIpc) is 3.25. The van der Waals surface area contributed by atoms with Crippen LogP contribution in [-0.4, -0.2) is 24.4 Å². The fourth-order valence-electron chi connectivity index (χ4n) is 2.47. The normalized spacial score (nSPS) is 10.4. The second kappa shape index (κ2) is 9.47. The fourth-order valence-corrected chi connectivity index (χ4v) is 2.81. The topological polar surface area (TPSA) is 97.6 Å². The summed E-state index contributed by atoms with van der Waals surface area (Å²) in [4.78, 5) is 36.5. The monoisotopic (exact) mass is 446 g/mol. The zero-order chi connectivity index (χ0) is 21.7. The van der Waals surface area contributed by atoms with Crippen molar-refractivity contribution in [2.75, 3.05) is 17.2 Å². The van der Waals surface area contributed by atoms with Gasteiger partial charge >= 0.3 is 5.97 Å². The first-order valence-electron chi connectivity index (χ1n) is 8.71. The van der Waals surface area contributed by atoms with Crippen LogP contribution in [0, 0.1) is 6.92 Å². The van der Waals surface area contributed by atoms with Crippen LogP contribution in [-0.2, 0) is 9.53 Å². The Morgan fingerprint density at radius 3 is 2.53 bits per heavy atom. The van der Waals surface area contributed by atoms with Crippen molar-refractivity contribution in [3.8, 4) is 0 Å². The van der Waals surface area contributed by atoms with Crippen molar-refractivity contribution < 1.29 is 23.5 Å². The van der Waals surface area contributed by atoms with Crippen LogP contribution in [0.15, 0.2) is 59.2 Å². The number of nitrogens with one attached hydrogen (secondary N) is 2. The van der Waals surface area contributed by atoms with Gasteiger partial charge in [-0.05, 0) is 55.0 Å². The number of amides is 2. The van der Waals surface area contributed by atoms with Gasteiger partial charge < -0.3 is 19.8 Å². The van der Waals surface area contributed by atoms with E-state index in [0.717, 1.165) is 5.56 Å². The van der Waals surface area contributed by atoms with E-state index in [-0.39, 0.29) is 11.3 Å². The van der Waals surface area contributed by atoms with Crippen LogP contribution < -0.4 is 10.6 Å². The molecule has 1 aromatic heterocycles. The van der Waals surface area contributed by atoms with E-state index >= 15 is 0 Å². The van der Waals surface area contributed by atoms with Crippen molar-refractivity contribution in [3.63, 3.8) is 0 Å². The molecule has 30 heavy (non-hydrogen) atoms. The first-order chi connectivity index (χ1) is 14.3. The van der Waals surface area contributed by atoms with E-state index in [2.05, 4.69) is 10.6 Å². The molecule has 3 aromatic rings. The third-order valence-electron chi connectivity index (χ3n) is 4.00. The van der Waals surface area contributed by atoms with E-state index in [1.807, 2.05) is 0 Å². The number of carbonyl (C=O) groups is 3. The predicted octanol–water partition coefficient (Wildman–Crippen LogP) is 4.94. The fraction of sp³-hybridized carbons (Fsp3) is 0.0952. The summed E-state index contributed by atoms with van der Waals surface area (Å²) in [5.74, 6) is -1.62. The van der Waals surface area contributed by atoms with Crippen molar-refractivity contribution in [1.29, 1.82) is 0 Å². The smallest absolute Gasteiger partial charge is 0.338 e. The molecule has 7 nitrogen and oxygen atoms in total. The summed E-state index contributed by atoms with van der Waals surface area (Å²) in [6.45, 7) is 1.25. The van der Waals surface area contributed by atoms with Crippen LogP contribution in [0.5, 0.6) is 0 Å². The lowest BCUT2D eigenvalue weighted by molar-refractivity contribution is -0.119. The Balaban J connectivity index is 1.62. The van der Waals surface area contributed by atoms with Gasteiger partial charge in [-0.3, -0.25) is 9.59 Å². The van der Waals surface area contributed by atoms with E-state index in [1.54, 1.807) is 25.1 Å². The summed E-state index contributed by atoms with van der Waals surface area (Å²) >= 11 is 11.9. The number of hydrogen-bond acceptors (Lipinski definition) is 5. The summed E-state index contributed by atoms with van der Waals surface area (Å²) in [7, 11) is 0. The molecule has 0 aliphatic carbocycles. The molecule has 0 radical (unpaired) electrons. The molecule has 1 heterocycles. The number of halogens is 2. The molecule has 0 spiro atoms. The van der Waals surface area contributed by atoms with Gasteiger partial charge in [0.25, 0.3) is 11.8 Å². The quantitative estimate of drug-likeness (QED) is 0.522. The number of hydrogen-bond donors (Lipinski definition) is 2. The Morgan fingerprint density at radius 1 is 1.00 bits per heavy atom. The SMILES string of the molecule is Cc1ccc(C(=O)OCC(=O)Nc2cc(Cl)ccc2Cl)cc1NC(=O)c1ccco1. The molecule has 0 aliphatic rings. The van der Waals surface area contributed by atoms with Gasteiger partial charge in [0, 0.05) is 10.7 Å². The van der Waals surface area contributed by atoms with E-state index in [0.29, 0.717) is 21.4 Å². The number of esters is 1. The molecule has 9 heteroatoms. The second-order valence-electron chi connectivity index (χ2n) is 6.21. The van der Waals surface area contributed by atoms with Crippen molar-refractivity contribution in [2.24, 2.45) is 0 Å². The standard InChI is InChI=1S/C21H16Cl2N2O5/c1-12-4-5-13(9-16(12)25-20(27)18-3-2-8-29-18)21(28)30-11-19(26)24-17-10-14(22)6-7-15(17)23/h2-10H,11H2,1H3,(H,24,26)(H,25,27). The number of furan rings is 1. The second-order valence-corrected chi connectivity index (χ2v) is 7.05. The molecule has 0 fully saturated rings. The van der Waals surface area contributed by atoms with Gasteiger partial charge in [0.05, 0.1) is 22.5 Å². The first kappa shape index (κ1) is 21.4. The molecular formula is C21H16Cl2N2O5. The van der Waals surface area contributed by atoms with Crippen molar-refractivity contribution >= 4 is 52.4 Å². The molecule has 0 atom stereocenters. The third-order valence-corrected chi connectivity index (χ3v) is 4.57. The van der Waals surface area contributed by atoms with Crippen molar-refractivity contribution in [3.05, 3.63) is 81.7 Å². The van der Waals surface area contributed by atoms with Crippen LogP contribution in [0.4, 0.5) is 11.4 Å². The molecule has 2 N–H and O–H groups in total. The molecule has 2 amide bonds.